The van der Waals surface area contributed by atoms with Gasteiger partial charge < -0.3 is 10.2 Å². The van der Waals surface area contributed by atoms with Gasteiger partial charge in [0.15, 0.2) is 0 Å². The van der Waals surface area contributed by atoms with Crippen LogP contribution in [0.3, 0.4) is 0 Å². The molecule has 1 atom stereocenters. The molecule has 23 heavy (non-hydrogen) atoms. The van der Waals surface area contributed by atoms with E-state index in [9.17, 15) is 4.79 Å². The summed E-state index contributed by atoms with van der Waals surface area (Å²) in [6.45, 7) is 4.86. The van der Waals surface area contributed by atoms with Crippen molar-refractivity contribution in [2.45, 2.75) is 32.7 Å². The molecule has 1 aliphatic heterocycles. The van der Waals surface area contributed by atoms with Crippen LogP contribution in [0.25, 0.3) is 0 Å². The number of amides is 2. The maximum atomic E-state index is 12.7. The lowest BCUT2D eigenvalue weighted by molar-refractivity contribution is 0.207. The number of benzene rings is 2. The van der Waals surface area contributed by atoms with Crippen molar-refractivity contribution in [1.82, 2.24) is 4.90 Å². The molecule has 2 amide bonds. The van der Waals surface area contributed by atoms with Gasteiger partial charge in [-0.1, -0.05) is 29.8 Å². The Morgan fingerprint density at radius 3 is 2.43 bits per heavy atom. The number of urea groups is 1. The summed E-state index contributed by atoms with van der Waals surface area (Å²) in [5.74, 6) is 0. The lowest BCUT2D eigenvalue weighted by Crippen LogP contribution is -2.34. The van der Waals surface area contributed by atoms with Crippen molar-refractivity contribution in [2.75, 3.05) is 11.9 Å². The molecule has 0 spiro atoms. The number of nitrogens with one attached hydrogen (secondary N) is 1. The molecule has 1 N–H and O–H groups in total. The fourth-order valence-corrected chi connectivity index (χ4v) is 3.41. The van der Waals surface area contributed by atoms with E-state index in [4.69, 9.17) is 11.6 Å². The molecule has 3 nitrogen and oxygen atoms in total. The van der Waals surface area contributed by atoms with Crippen molar-refractivity contribution in [3.05, 3.63) is 64.2 Å². The Hall–Kier alpha value is -2.00. The van der Waals surface area contributed by atoms with Crippen molar-refractivity contribution < 1.29 is 4.79 Å². The van der Waals surface area contributed by atoms with E-state index in [1.807, 2.05) is 55.1 Å². The predicted molar refractivity (Wildman–Crippen MR) is 95.1 cm³/mol. The van der Waals surface area contributed by atoms with Crippen molar-refractivity contribution in [3.63, 3.8) is 0 Å². The molecule has 1 heterocycles. The first-order valence-corrected chi connectivity index (χ1v) is 8.32. The number of nitrogens with zero attached hydrogens (tertiary/aromatic N) is 1. The van der Waals surface area contributed by atoms with E-state index in [0.717, 1.165) is 46.8 Å². The van der Waals surface area contributed by atoms with Crippen LogP contribution in [0.5, 0.6) is 0 Å². The molecule has 4 heteroatoms. The number of carbonyl (C=O) groups excluding carboxylic acids is 1. The van der Waals surface area contributed by atoms with Crippen LogP contribution in [0.2, 0.25) is 5.02 Å². The minimum Gasteiger partial charge on any atom is -0.317 e. The number of rotatable bonds is 2. The molecule has 0 bridgehead atoms. The molecule has 2 aromatic rings. The van der Waals surface area contributed by atoms with E-state index in [-0.39, 0.29) is 12.1 Å². The largest absolute Gasteiger partial charge is 0.322 e. The monoisotopic (exact) mass is 328 g/mol. The van der Waals surface area contributed by atoms with Gasteiger partial charge in [-0.3, -0.25) is 0 Å². The van der Waals surface area contributed by atoms with Crippen LogP contribution in [0.1, 0.15) is 35.6 Å². The lowest BCUT2D eigenvalue weighted by atomic mass is 10.1. The summed E-state index contributed by atoms with van der Waals surface area (Å²) in [4.78, 5) is 14.6. The van der Waals surface area contributed by atoms with Gasteiger partial charge in [-0.2, -0.15) is 0 Å². The van der Waals surface area contributed by atoms with Crippen LogP contribution < -0.4 is 5.32 Å². The molecule has 0 radical (unpaired) electrons. The number of halogens is 1. The van der Waals surface area contributed by atoms with Gasteiger partial charge in [0.25, 0.3) is 0 Å². The maximum absolute atomic E-state index is 12.7. The van der Waals surface area contributed by atoms with Crippen LogP contribution in [0.4, 0.5) is 10.5 Å². The summed E-state index contributed by atoms with van der Waals surface area (Å²) < 4.78 is 0. The number of hydrogen-bond acceptors (Lipinski definition) is 1. The highest BCUT2D eigenvalue weighted by Gasteiger charge is 2.29. The topological polar surface area (TPSA) is 32.3 Å². The van der Waals surface area contributed by atoms with E-state index < -0.39 is 0 Å². The molecule has 0 aliphatic carbocycles. The summed E-state index contributed by atoms with van der Waals surface area (Å²) in [5, 5.41) is 3.76. The first-order chi connectivity index (χ1) is 11.0. The molecule has 1 saturated heterocycles. The molecule has 0 saturated carbocycles. The van der Waals surface area contributed by atoms with Gasteiger partial charge in [0.05, 0.1) is 6.04 Å². The van der Waals surface area contributed by atoms with Crippen LogP contribution >= 0.6 is 11.6 Å². The zero-order chi connectivity index (χ0) is 16.4. The number of anilines is 1. The molecule has 120 valence electrons. The first-order valence-electron chi connectivity index (χ1n) is 7.94. The van der Waals surface area contributed by atoms with Crippen LogP contribution in [-0.4, -0.2) is 17.5 Å². The summed E-state index contributed by atoms with van der Waals surface area (Å²) in [5.41, 5.74) is 4.30. The third-order valence-electron chi connectivity index (χ3n) is 4.24. The molecule has 2 aromatic carbocycles. The Morgan fingerprint density at radius 2 is 1.78 bits per heavy atom. The number of carbonyl (C=O) groups is 1. The molecule has 1 aliphatic rings. The highest BCUT2D eigenvalue weighted by atomic mass is 35.5. The van der Waals surface area contributed by atoms with E-state index in [2.05, 4.69) is 11.4 Å². The summed E-state index contributed by atoms with van der Waals surface area (Å²) in [7, 11) is 0. The molecular formula is C19H21ClN2O. The number of aryl methyl sites for hydroxylation is 2. The van der Waals surface area contributed by atoms with Gasteiger partial charge in [0, 0.05) is 17.3 Å². The molecular weight excluding hydrogens is 308 g/mol. The Bertz CT molecular complexity index is 692. The van der Waals surface area contributed by atoms with E-state index >= 15 is 0 Å². The summed E-state index contributed by atoms with van der Waals surface area (Å²) in [6, 6.07) is 14.0. The van der Waals surface area contributed by atoms with Gasteiger partial charge in [-0.05, 0) is 67.6 Å². The Balaban J connectivity index is 1.76. The number of likely N-dealkylation sites (tertiary alicyclic amines) is 1. The standard InChI is InChI=1S/C19H21ClN2O/c1-13-10-14(2)12-17(11-13)21-19(23)22-9-3-4-18(22)15-5-7-16(20)8-6-15/h5-8,10-12,18H,3-4,9H2,1-2H3,(H,21,23)/t18-/m1/s1. The zero-order valence-electron chi connectivity index (χ0n) is 13.5. The second-order valence-electron chi connectivity index (χ2n) is 6.21. The van der Waals surface area contributed by atoms with Crippen molar-refractivity contribution in [1.29, 1.82) is 0 Å². The highest BCUT2D eigenvalue weighted by molar-refractivity contribution is 6.30. The number of hydrogen-bond donors (Lipinski definition) is 1. The van der Waals surface area contributed by atoms with E-state index in [0.29, 0.717) is 0 Å². The van der Waals surface area contributed by atoms with Crippen molar-refractivity contribution >= 4 is 23.3 Å². The van der Waals surface area contributed by atoms with Crippen LogP contribution in [-0.2, 0) is 0 Å². The first kappa shape index (κ1) is 15.9. The minimum atomic E-state index is -0.0348. The van der Waals surface area contributed by atoms with Crippen molar-refractivity contribution in [2.24, 2.45) is 0 Å². The Morgan fingerprint density at radius 1 is 1.13 bits per heavy atom. The molecule has 0 aromatic heterocycles. The van der Waals surface area contributed by atoms with Crippen LogP contribution in [0, 0.1) is 13.8 Å². The third kappa shape index (κ3) is 3.67. The average molecular weight is 329 g/mol. The van der Waals surface area contributed by atoms with Crippen LogP contribution in [0.15, 0.2) is 42.5 Å². The second-order valence-corrected chi connectivity index (χ2v) is 6.65. The lowest BCUT2D eigenvalue weighted by Gasteiger charge is -2.25. The fourth-order valence-electron chi connectivity index (χ4n) is 3.28. The van der Waals surface area contributed by atoms with E-state index in [1.165, 1.54) is 0 Å². The minimum absolute atomic E-state index is 0.0348. The van der Waals surface area contributed by atoms with Gasteiger partial charge in [-0.15, -0.1) is 0 Å². The Labute approximate surface area is 142 Å². The zero-order valence-corrected chi connectivity index (χ0v) is 14.2. The summed E-state index contributed by atoms with van der Waals surface area (Å²) >= 11 is 5.96. The van der Waals surface area contributed by atoms with Crippen molar-refractivity contribution in [3.8, 4) is 0 Å². The average Bonchev–Trinajstić information content (AvgIpc) is 2.96. The quantitative estimate of drug-likeness (QED) is 0.794. The van der Waals surface area contributed by atoms with Gasteiger partial charge in [0.1, 0.15) is 0 Å². The molecule has 0 unspecified atom stereocenters. The fraction of sp³-hybridized carbons (Fsp3) is 0.316. The maximum Gasteiger partial charge on any atom is 0.322 e. The van der Waals surface area contributed by atoms with Gasteiger partial charge in [0.2, 0.25) is 0 Å². The Kier molecular flexibility index (Phi) is 4.58. The second kappa shape index (κ2) is 6.63. The predicted octanol–water partition coefficient (Wildman–Crippen LogP) is 5.33. The van der Waals surface area contributed by atoms with Gasteiger partial charge >= 0.3 is 6.03 Å². The summed E-state index contributed by atoms with van der Waals surface area (Å²) in [6.07, 6.45) is 2.01. The third-order valence-corrected chi connectivity index (χ3v) is 4.49. The molecule has 1 fully saturated rings. The normalized spacial score (nSPS) is 17.3. The molecule has 3 rings (SSSR count). The van der Waals surface area contributed by atoms with E-state index in [1.54, 1.807) is 0 Å². The highest BCUT2D eigenvalue weighted by Crippen LogP contribution is 2.33. The van der Waals surface area contributed by atoms with Gasteiger partial charge in [-0.25, -0.2) is 4.79 Å². The smallest absolute Gasteiger partial charge is 0.317 e. The SMILES string of the molecule is Cc1cc(C)cc(NC(=O)N2CCC[C@@H]2c2ccc(Cl)cc2)c1.